The number of hydrogen-bond acceptors (Lipinski definition) is 5. The zero-order chi connectivity index (χ0) is 9.84. The van der Waals surface area contributed by atoms with E-state index in [4.69, 9.17) is 5.11 Å². The number of hydrogen-bond donors (Lipinski definition) is 1. The molecular formula is C7H4N2O4. The maximum absolute atomic E-state index is 10.5. The molecule has 1 aromatic carbocycles. The molecular weight excluding hydrogens is 176 g/mol. The van der Waals surface area contributed by atoms with Crippen molar-refractivity contribution in [1.29, 1.82) is 0 Å². The van der Waals surface area contributed by atoms with Crippen LogP contribution in [0.25, 0.3) is 0 Å². The molecule has 0 spiro atoms. The van der Waals surface area contributed by atoms with Gasteiger partial charge in [0.1, 0.15) is 11.4 Å². The fourth-order valence-electron chi connectivity index (χ4n) is 0.832. The van der Waals surface area contributed by atoms with E-state index in [9.17, 15) is 14.6 Å². The molecule has 0 saturated carbocycles. The van der Waals surface area contributed by atoms with Gasteiger partial charge in [-0.25, -0.2) is 4.79 Å². The van der Waals surface area contributed by atoms with Crippen molar-refractivity contribution >= 4 is 17.3 Å². The lowest BCUT2D eigenvalue weighted by Crippen LogP contribution is -1.95. The molecule has 1 rings (SSSR count). The Kier molecular flexibility index (Phi) is 2.44. The van der Waals surface area contributed by atoms with Crippen LogP contribution >= 0.6 is 0 Å². The maximum atomic E-state index is 10.5. The summed E-state index contributed by atoms with van der Waals surface area (Å²) in [5.41, 5.74) is -0.600. The van der Waals surface area contributed by atoms with Crippen molar-refractivity contribution in [2.75, 3.05) is 0 Å². The van der Waals surface area contributed by atoms with Crippen LogP contribution in [-0.4, -0.2) is 11.1 Å². The highest BCUT2D eigenvalue weighted by molar-refractivity contribution is 5.94. The Balaban J connectivity index is 3.33. The average Bonchev–Trinajstić information content (AvgIpc) is 2.16. The first-order valence-electron chi connectivity index (χ1n) is 3.23. The highest BCUT2D eigenvalue weighted by Crippen LogP contribution is 2.24. The van der Waals surface area contributed by atoms with E-state index in [1.165, 1.54) is 6.07 Å². The Morgan fingerprint density at radius 2 is 1.92 bits per heavy atom. The molecule has 0 aliphatic carbocycles. The number of carboxylic acid groups (broad SMARTS) is 1. The third kappa shape index (κ3) is 1.73. The monoisotopic (exact) mass is 180 g/mol. The van der Waals surface area contributed by atoms with E-state index in [-0.39, 0.29) is 16.9 Å². The van der Waals surface area contributed by atoms with Crippen molar-refractivity contribution in [3.8, 4) is 0 Å². The number of carbonyl (C=O) groups is 1. The van der Waals surface area contributed by atoms with Gasteiger partial charge in [0.15, 0.2) is 0 Å². The van der Waals surface area contributed by atoms with Gasteiger partial charge in [0, 0.05) is 0 Å². The van der Waals surface area contributed by atoms with E-state index in [0.717, 1.165) is 12.1 Å². The lowest BCUT2D eigenvalue weighted by atomic mass is 10.1. The van der Waals surface area contributed by atoms with E-state index in [1.807, 2.05) is 0 Å². The van der Waals surface area contributed by atoms with Crippen molar-refractivity contribution in [1.82, 2.24) is 0 Å². The third-order valence-corrected chi connectivity index (χ3v) is 1.41. The molecule has 0 atom stereocenters. The first-order valence-corrected chi connectivity index (χ1v) is 3.23. The summed E-state index contributed by atoms with van der Waals surface area (Å²) in [7, 11) is 0. The molecule has 1 aromatic rings. The summed E-state index contributed by atoms with van der Waals surface area (Å²) in [5, 5.41) is 13.6. The number of nitrogens with zero attached hydrogens (tertiary/aromatic N) is 2. The molecule has 13 heavy (non-hydrogen) atoms. The number of rotatable bonds is 3. The van der Waals surface area contributed by atoms with Crippen LogP contribution in [0.2, 0.25) is 0 Å². The zero-order valence-corrected chi connectivity index (χ0v) is 6.30. The lowest BCUT2D eigenvalue weighted by Gasteiger charge is -1.96. The molecule has 6 nitrogen and oxygen atoms in total. The van der Waals surface area contributed by atoms with Gasteiger partial charge in [-0.15, -0.1) is 9.81 Å². The Morgan fingerprint density at radius 3 is 2.38 bits per heavy atom. The van der Waals surface area contributed by atoms with Crippen molar-refractivity contribution in [3.05, 3.63) is 33.6 Å². The molecule has 6 heteroatoms. The fourth-order valence-corrected chi connectivity index (χ4v) is 0.832. The van der Waals surface area contributed by atoms with Gasteiger partial charge < -0.3 is 5.11 Å². The molecule has 0 heterocycles. The van der Waals surface area contributed by atoms with Crippen molar-refractivity contribution in [3.63, 3.8) is 0 Å². The van der Waals surface area contributed by atoms with Gasteiger partial charge >= 0.3 is 5.97 Å². The Hall–Kier alpha value is -2.11. The van der Waals surface area contributed by atoms with Crippen LogP contribution in [0, 0.1) is 9.81 Å². The Bertz CT molecular complexity index is 375. The van der Waals surface area contributed by atoms with Crippen LogP contribution in [0.3, 0.4) is 0 Å². The molecule has 0 saturated heterocycles. The largest absolute Gasteiger partial charge is 0.478 e. The maximum Gasteiger partial charge on any atom is 0.338 e. The predicted octanol–water partition coefficient (Wildman–Crippen LogP) is 2.18. The topological polar surface area (TPSA) is 96.2 Å². The summed E-state index contributed by atoms with van der Waals surface area (Å²) in [4.78, 5) is 30.6. The molecule has 1 N–H and O–H groups in total. The first kappa shape index (κ1) is 8.98. The van der Waals surface area contributed by atoms with E-state index >= 15 is 0 Å². The summed E-state index contributed by atoms with van der Waals surface area (Å²) in [6.07, 6.45) is 0. The van der Waals surface area contributed by atoms with Crippen molar-refractivity contribution < 1.29 is 9.90 Å². The molecule has 0 bridgehead atoms. The summed E-state index contributed by atoms with van der Waals surface area (Å²) in [6.45, 7) is 0. The van der Waals surface area contributed by atoms with Crippen molar-refractivity contribution in [2.24, 2.45) is 10.4 Å². The van der Waals surface area contributed by atoms with Gasteiger partial charge in [-0.05, 0) is 28.6 Å². The fraction of sp³-hybridized carbons (Fsp3) is 0. The standard InChI is InChI=1S/C7H4N2O4/c10-7(11)5-3-4(8-12)1-2-6(5)9-13/h1-3H,(H,10,11). The Morgan fingerprint density at radius 1 is 1.23 bits per heavy atom. The van der Waals surface area contributed by atoms with Crippen LogP contribution in [0.5, 0.6) is 0 Å². The van der Waals surface area contributed by atoms with Crippen LogP contribution < -0.4 is 0 Å². The summed E-state index contributed by atoms with van der Waals surface area (Å²) >= 11 is 0. The quantitative estimate of drug-likeness (QED) is 0.720. The number of nitroso groups, excluding NO2 is 2. The van der Waals surface area contributed by atoms with Crippen molar-refractivity contribution in [2.45, 2.75) is 0 Å². The normalized spacial score (nSPS) is 9.23. The molecule has 0 aliphatic rings. The third-order valence-electron chi connectivity index (χ3n) is 1.41. The van der Waals surface area contributed by atoms with Gasteiger partial charge in [-0.2, -0.15) is 0 Å². The molecule has 0 aromatic heterocycles. The number of benzene rings is 1. The van der Waals surface area contributed by atoms with Crippen LogP contribution in [0.4, 0.5) is 11.4 Å². The van der Waals surface area contributed by atoms with Crippen LogP contribution in [0.15, 0.2) is 28.6 Å². The van der Waals surface area contributed by atoms with Gasteiger partial charge in [0.2, 0.25) is 0 Å². The first-order chi connectivity index (χ1) is 6.19. The van der Waals surface area contributed by atoms with Gasteiger partial charge in [-0.1, -0.05) is 0 Å². The molecule has 66 valence electrons. The summed E-state index contributed by atoms with van der Waals surface area (Å²) in [5.74, 6) is -1.32. The van der Waals surface area contributed by atoms with E-state index < -0.39 is 5.97 Å². The molecule has 0 unspecified atom stereocenters. The minimum Gasteiger partial charge on any atom is -0.478 e. The molecule has 0 aliphatic heterocycles. The minimum atomic E-state index is -1.32. The minimum absolute atomic E-state index is 0.0511. The van der Waals surface area contributed by atoms with Crippen LogP contribution in [0.1, 0.15) is 10.4 Å². The second kappa shape index (κ2) is 3.53. The predicted molar refractivity (Wildman–Crippen MR) is 44.3 cm³/mol. The van der Waals surface area contributed by atoms with Gasteiger partial charge in [-0.3, -0.25) is 0 Å². The van der Waals surface area contributed by atoms with E-state index in [0.29, 0.717) is 0 Å². The van der Waals surface area contributed by atoms with Gasteiger partial charge in [0.25, 0.3) is 0 Å². The number of aromatic carboxylic acids is 1. The van der Waals surface area contributed by atoms with E-state index in [1.54, 1.807) is 0 Å². The second-order valence-corrected chi connectivity index (χ2v) is 2.19. The number of carboxylic acids is 1. The summed E-state index contributed by atoms with van der Waals surface area (Å²) < 4.78 is 0. The SMILES string of the molecule is O=Nc1ccc(N=O)c(C(=O)O)c1. The highest BCUT2D eigenvalue weighted by Gasteiger charge is 2.11. The lowest BCUT2D eigenvalue weighted by molar-refractivity contribution is 0.0698. The van der Waals surface area contributed by atoms with Crippen LogP contribution in [-0.2, 0) is 0 Å². The second-order valence-electron chi connectivity index (χ2n) is 2.19. The Labute approximate surface area is 72.1 Å². The highest BCUT2D eigenvalue weighted by atomic mass is 16.4. The summed E-state index contributed by atoms with van der Waals surface area (Å²) in [6, 6.07) is 3.34. The van der Waals surface area contributed by atoms with Gasteiger partial charge in [0.05, 0.1) is 5.56 Å². The molecule has 0 amide bonds. The molecule has 0 radical (unpaired) electrons. The van der Waals surface area contributed by atoms with E-state index in [2.05, 4.69) is 10.4 Å². The smallest absolute Gasteiger partial charge is 0.338 e. The molecule has 0 fully saturated rings. The average molecular weight is 180 g/mol. The zero-order valence-electron chi connectivity index (χ0n) is 6.30.